The van der Waals surface area contributed by atoms with Gasteiger partial charge in [-0.3, -0.25) is 4.79 Å². The van der Waals surface area contributed by atoms with Crippen molar-refractivity contribution in [2.24, 2.45) is 17.6 Å². The Bertz CT molecular complexity index is 403. The second-order valence-electron chi connectivity index (χ2n) is 6.09. The second kappa shape index (κ2) is 9.56. The lowest BCUT2D eigenvalue weighted by atomic mass is 9.94. The molecule has 3 heteroatoms. The summed E-state index contributed by atoms with van der Waals surface area (Å²) in [6.07, 6.45) is 3.63. The average Bonchev–Trinajstić information content (AvgIpc) is 2.49. The number of carbonyl (C=O) groups excluding carboxylic acids is 1. The first-order valence-corrected chi connectivity index (χ1v) is 8.12. The highest BCUT2D eigenvalue weighted by molar-refractivity contribution is 5.76. The number of hydrogen-bond donors (Lipinski definition) is 2. The smallest absolute Gasteiger partial charge is 0.220 e. The van der Waals surface area contributed by atoms with Gasteiger partial charge >= 0.3 is 0 Å². The van der Waals surface area contributed by atoms with E-state index in [1.165, 1.54) is 5.56 Å². The molecule has 118 valence electrons. The van der Waals surface area contributed by atoms with E-state index < -0.39 is 0 Å². The molecule has 1 aromatic rings. The molecule has 0 aliphatic heterocycles. The van der Waals surface area contributed by atoms with Crippen LogP contribution in [0.2, 0.25) is 0 Å². The molecule has 0 aliphatic carbocycles. The Morgan fingerprint density at radius 3 is 2.38 bits per heavy atom. The normalized spacial score (nSPS) is 14.0. The molecule has 2 atom stereocenters. The van der Waals surface area contributed by atoms with E-state index >= 15 is 0 Å². The molecule has 0 saturated carbocycles. The fourth-order valence-corrected chi connectivity index (χ4v) is 2.66. The number of nitrogens with one attached hydrogen (secondary N) is 1. The van der Waals surface area contributed by atoms with E-state index in [1.807, 2.05) is 18.2 Å². The maximum Gasteiger partial charge on any atom is 0.220 e. The van der Waals surface area contributed by atoms with Crippen molar-refractivity contribution in [1.29, 1.82) is 0 Å². The largest absolute Gasteiger partial charge is 0.349 e. The second-order valence-corrected chi connectivity index (χ2v) is 6.09. The topological polar surface area (TPSA) is 55.1 Å². The molecular weight excluding hydrogens is 260 g/mol. The van der Waals surface area contributed by atoms with Crippen LogP contribution in [-0.4, -0.2) is 12.5 Å². The number of rotatable bonds is 9. The molecule has 2 unspecified atom stereocenters. The lowest BCUT2D eigenvalue weighted by Crippen LogP contribution is -2.31. The maximum absolute atomic E-state index is 12.2. The van der Waals surface area contributed by atoms with Crippen LogP contribution in [0.1, 0.15) is 58.1 Å². The molecule has 1 amide bonds. The summed E-state index contributed by atoms with van der Waals surface area (Å²) in [6, 6.07) is 10.3. The van der Waals surface area contributed by atoms with Gasteiger partial charge in [0.1, 0.15) is 0 Å². The van der Waals surface area contributed by atoms with Gasteiger partial charge in [-0.1, -0.05) is 57.5 Å². The summed E-state index contributed by atoms with van der Waals surface area (Å²) in [5.74, 6) is 1.09. The van der Waals surface area contributed by atoms with Crippen LogP contribution in [0.5, 0.6) is 0 Å². The number of amides is 1. The van der Waals surface area contributed by atoms with E-state index in [4.69, 9.17) is 5.73 Å². The summed E-state index contributed by atoms with van der Waals surface area (Å²) in [4.78, 5) is 12.2. The Hall–Kier alpha value is -1.35. The van der Waals surface area contributed by atoms with Crippen LogP contribution in [0.15, 0.2) is 30.3 Å². The van der Waals surface area contributed by atoms with Gasteiger partial charge in [-0.15, -0.1) is 0 Å². The molecule has 0 aliphatic rings. The fourth-order valence-electron chi connectivity index (χ4n) is 2.66. The van der Waals surface area contributed by atoms with E-state index in [-0.39, 0.29) is 11.9 Å². The minimum absolute atomic E-state index is 0.0910. The van der Waals surface area contributed by atoms with E-state index in [2.05, 4.69) is 38.2 Å². The van der Waals surface area contributed by atoms with Gasteiger partial charge in [0.2, 0.25) is 5.91 Å². The first-order valence-electron chi connectivity index (χ1n) is 8.12. The predicted molar refractivity (Wildman–Crippen MR) is 88.9 cm³/mol. The van der Waals surface area contributed by atoms with Crippen molar-refractivity contribution in [1.82, 2.24) is 5.32 Å². The van der Waals surface area contributed by atoms with Gasteiger partial charge in [-0.2, -0.15) is 0 Å². The zero-order valence-electron chi connectivity index (χ0n) is 13.6. The molecular formula is C18H30N2O. The molecule has 3 N–H and O–H groups in total. The maximum atomic E-state index is 12.2. The standard InChI is InChI=1S/C18H30N2O/c1-4-15(12-13-19)10-11-17(21)20-18(14(2)3)16-8-6-5-7-9-16/h5-9,14-15,18H,4,10-13,19H2,1-3H3,(H,20,21). The van der Waals surface area contributed by atoms with E-state index in [9.17, 15) is 4.79 Å². The molecule has 0 saturated heterocycles. The van der Waals surface area contributed by atoms with Gasteiger partial charge in [-0.05, 0) is 36.8 Å². The molecule has 0 radical (unpaired) electrons. The molecule has 1 rings (SSSR count). The molecule has 0 aromatic heterocycles. The Kier molecular flexibility index (Phi) is 8.06. The quantitative estimate of drug-likeness (QED) is 0.729. The third-order valence-corrected chi connectivity index (χ3v) is 4.07. The van der Waals surface area contributed by atoms with Crippen molar-refractivity contribution >= 4 is 5.91 Å². The molecule has 1 aromatic carbocycles. The summed E-state index contributed by atoms with van der Waals surface area (Å²) >= 11 is 0. The number of benzene rings is 1. The van der Waals surface area contributed by atoms with Crippen LogP contribution in [-0.2, 0) is 4.79 Å². The highest BCUT2D eigenvalue weighted by atomic mass is 16.1. The van der Waals surface area contributed by atoms with Crippen LogP contribution in [0, 0.1) is 11.8 Å². The molecule has 0 spiro atoms. The van der Waals surface area contributed by atoms with Crippen LogP contribution >= 0.6 is 0 Å². The minimum atomic E-state index is 0.0910. The molecule has 0 fully saturated rings. The fraction of sp³-hybridized carbons (Fsp3) is 0.611. The zero-order valence-corrected chi connectivity index (χ0v) is 13.6. The number of hydrogen-bond acceptors (Lipinski definition) is 2. The van der Waals surface area contributed by atoms with Crippen molar-refractivity contribution in [2.45, 2.75) is 52.5 Å². The number of carbonyl (C=O) groups is 1. The van der Waals surface area contributed by atoms with E-state index in [0.29, 0.717) is 24.8 Å². The van der Waals surface area contributed by atoms with Gasteiger partial charge in [0.15, 0.2) is 0 Å². The monoisotopic (exact) mass is 290 g/mol. The highest BCUT2D eigenvalue weighted by Gasteiger charge is 2.18. The van der Waals surface area contributed by atoms with Crippen molar-refractivity contribution in [3.8, 4) is 0 Å². The number of nitrogens with two attached hydrogens (primary N) is 1. The molecule has 3 nitrogen and oxygen atoms in total. The summed E-state index contributed by atoms with van der Waals surface area (Å²) < 4.78 is 0. The van der Waals surface area contributed by atoms with Gasteiger partial charge in [0.25, 0.3) is 0 Å². The van der Waals surface area contributed by atoms with Crippen molar-refractivity contribution in [2.75, 3.05) is 6.54 Å². The third kappa shape index (κ3) is 6.30. The van der Waals surface area contributed by atoms with Gasteiger partial charge < -0.3 is 11.1 Å². The predicted octanol–water partition coefficient (Wildman–Crippen LogP) is 3.66. The molecule has 0 heterocycles. The zero-order chi connectivity index (χ0) is 15.7. The first kappa shape index (κ1) is 17.7. The lowest BCUT2D eigenvalue weighted by Gasteiger charge is -2.23. The lowest BCUT2D eigenvalue weighted by molar-refractivity contribution is -0.122. The third-order valence-electron chi connectivity index (χ3n) is 4.07. The van der Waals surface area contributed by atoms with Gasteiger partial charge in [0.05, 0.1) is 6.04 Å². The summed E-state index contributed by atoms with van der Waals surface area (Å²) in [5, 5.41) is 3.18. The van der Waals surface area contributed by atoms with Crippen LogP contribution in [0.25, 0.3) is 0 Å². The Balaban J connectivity index is 2.54. The van der Waals surface area contributed by atoms with Gasteiger partial charge in [-0.25, -0.2) is 0 Å². The van der Waals surface area contributed by atoms with Crippen molar-refractivity contribution < 1.29 is 4.79 Å². The Morgan fingerprint density at radius 2 is 1.86 bits per heavy atom. The summed E-state index contributed by atoms with van der Waals surface area (Å²) in [5.41, 5.74) is 6.78. The highest BCUT2D eigenvalue weighted by Crippen LogP contribution is 2.22. The average molecular weight is 290 g/mol. The van der Waals surface area contributed by atoms with E-state index in [0.717, 1.165) is 19.3 Å². The SMILES string of the molecule is CCC(CCN)CCC(=O)NC(c1ccccc1)C(C)C. The summed E-state index contributed by atoms with van der Waals surface area (Å²) in [7, 11) is 0. The Labute approximate surface area is 129 Å². The minimum Gasteiger partial charge on any atom is -0.349 e. The van der Waals surface area contributed by atoms with Crippen molar-refractivity contribution in [3.63, 3.8) is 0 Å². The van der Waals surface area contributed by atoms with Crippen molar-refractivity contribution in [3.05, 3.63) is 35.9 Å². The first-order chi connectivity index (χ1) is 10.1. The van der Waals surface area contributed by atoms with Gasteiger partial charge in [0, 0.05) is 6.42 Å². The molecule has 0 bridgehead atoms. The molecule has 21 heavy (non-hydrogen) atoms. The van der Waals surface area contributed by atoms with Crippen LogP contribution < -0.4 is 11.1 Å². The van der Waals surface area contributed by atoms with Crippen LogP contribution in [0.4, 0.5) is 0 Å². The summed E-state index contributed by atoms with van der Waals surface area (Å²) in [6.45, 7) is 7.15. The van der Waals surface area contributed by atoms with E-state index in [1.54, 1.807) is 0 Å². The van der Waals surface area contributed by atoms with Crippen LogP contribution in [0.3, 0.4) is 0 Å². The Morgan fingerprint density at radius 1 is 1.19 bits per heavy atom.